The predicted octanol–water partition coefficient (Wildman–Crippen LogP) is 3.08. The third kappa shape index (κ3) is 4.28. The van der Waals surface area contributed by atoms with Crippen molar-refractivity contribution in [2.75, 3.05) is 19.6 Å². The average molecular weight is 339 g/mol. The van der Waals surface area contributed by atoms with Gasteiger partial charge >= 0.3 is 0 Å². The van der Waals surface area contributed by atoms with Gasteiger partial charge in [0.2, 0.25) is 11.8 Å². The average Bonchev–Trinajstić information content (AvgIpc) is 3.38. The molecule has 2 heterocycles. The van der Waals surface area contributed by atoms with Crippen LogP contribution in [0.3, 0.4) is 0 Å². The molecule has 1 aliphatic carbocycles. The number of rotatable bonds is 6. The van der Waals surface area contributed by atoms with Crippen molar-refractivity contribution in [3.8, 4) is 11.5 Å². The van der Waals surface area contributed by atoms with Crippen LogP contribution in [0.15, 0.2) is 41.0 Å². The van der Waals surface area contributed by atoms with E-state index in [1.165, 1.54) is 12.8 Å². The number of nitrogens with zero attached hydrogens (tertiary/aromatic N) is 2. The van der Waals surface area contributed by atoms with Crippen LogP contribution in [0.1, 0.15) is 31.4 Å². The third-order valence-electron chi connectivity index (χ3n) is 5.10. The number of carbonyl (C=O) groups excluding carboxylic acids is 1. The number of piperidine rings is 1. The molecule has 2 aliphatic rings. The molecule has 0 unspecified atom stereocenters. The van der Waals surface area contributed by atoms with E-state index in [0.29, 0.717) is 5.89 Å². The lowest BCUT2D eigenvalue weighted by atomic mass is 9.97. The zero-order valence-corrected chi connectivity index (χ0v) is 14.5. The number of nitrogens with one attached hydrogen (secondary N) is 1. The van der Waals surface area contributed by atoms with Crippen LogP contribution in [0.2, 0.25) is 0 Å². The number of aromatic nitrogens is 1. The standard InChI is InChI=1S/C20H25N3O2/c24-19(21-11-15-8-9-15)17-7-4-10-23(12-17)13-18-14-25-20(22-18)16-5-2-1-3-6-16/h1-3,5-6,14-15,17H,4,7-13H2,(H,21,24)/t17-/m0/s1. The zero-order chi connectivity index (χ0) is 17.1. The Labute approximate surface area is 148 Å². The number of hydrogen-bond acceptors (Lipinski definition) is 4. The molecule has 1 saturated carbocycles. The zero-order valence-electron chi connectivity index (χ0n) is 14.5. The summed E-state index contributed by atoms with van der Waals surface area (Å²) in [5, 5.41) is 3.12. The summed E-state index contributed by atoms with van der Waals surface area (Å²) in [5.41, 5.74) is 1.92. The summed E-state index contributed by atoms with van der Waals surface area (Å²) in [6, 6.07) is 9.94. The summed E-state index contributed by atoms with van der Waals surface area (Å²) in [6.07, 6.45) is 6.32. The summed E-state index contributed by atoms with van der Waals surface area (Å²) in [4.78, 5) is 19.3. The van der Waals surface area contributed by atoms with Gasteiger partial charge in [0.15, 0.2) is 0 Å². The van der Waals surface area contributed by atoms with Crippen LogP contribution in [0, 0.1) is 11.8 Å². The second kappa shape index (κ2) is 7.40. The second-order valence-electron chi connectivity index (χ2n) is 7.27. The fraction of sp³-hybridized carbons (Fsp3) is 0.500. The highest BCUT2D eigenvalue weighted by atomic mass is 16.3. The van der Waals surface area contributed by atoms with Crippen LogP contribution in [0.4, 0.5) is 0 Å². The van der Waals surface area contributed by atoms with Gasteiger partial charge in [0, 0.05) is 25.2 Å². The second-order valence-corrected chi connectivity index (χ2v) is 7.27. The van der Waals surface area contributed by atoms with Crippen LogP contribution in [0.25, 0.3) is 11.5 Å². The molecule has 1 aliphatic heterocycles. The molecular formula is C20H25N3O2. The molecule has 5 nitrogen and oxygen atoms in total. The first kappa shape index (κ1) is 16.3. The molecule has 1 aromatic heterocycles. The first-order valence-corrected chi connectivity index (χ1v) is 9.28. The number of hydrogen-bond donors (Lipinski definition) is 1. The van der Waals surface area contributed by atoms with Crippen molar-refractivity contribution >= 4 is 5.91 Å². The van der Waals surface area contributed by atoms with Crippen molar-refractivity contribution in [1.29, 1.82) is 0 Å². The van der Waals surface area contributed by atoms with Gasteiger partial charge in [-0.15, -0.1) is 0 Å². The highest BCUT2D eigenvalue weighted by Crippen LogP contribution is 2.28. The molecule has 1 aromatic carbocycles. The van der Waals surface area contributed by atoms with Gasteiger partial charge in [0.1, 0.15) is 6.26 Å². The van der Waals surface area contributed by atoms with E-state index < -0.39 is 0 Å². The summed E-state index contributed by atoms with van der Waals surface area (Å²) in [5.74, 6) is 1.72. The summed E-state index contributed by atoms with van der Waals surface area (Å²) >= 11 is 0. The van der Waals surface area contributed by atoms with Crippen LogP contribution >= 0.6 is 0 Å². The smallest absolute Gasteiger partial charge is 0.226 e. The highest BCUT2D eigenvalue weighted by Gasteiger charge is 2.28. The molecule has 132 valence electrons. The maximum absolute atomic E-state index is 12.3. The lowest BCUT2D eigenvalue weighted by Crippen LogP contribution is -2.43. The topological polar surface area (TPSA) is 58.4 Å². The third-order valence-corrected chi connectivity index (χ3v) is 5.10. The van der Waals surface area contributed by atoms with Gasteiger partial charge in [-0.25, -0.2) is 4.98 Å². The van der Waals surface area contributed by atoms with Crippen molar-refractivity contribution < 1.29 is 9.21 Å². The molecule has 2 aromatic rings. The van der Waals surface area contributed by atoms with Gasteiger partial charge in [0.25, 0.3) is 0 Å². The van der Waals surface area contributed by atoms with E-state index in [9.17, 15) is 4.79 Å². The Kier molecular flexibility index (Phi) is 4.83. The first-order valence-electron chi connectivity index (χ1n) is 9.28. The Hall–Kier alpha value is -2.14. The Bertz CT molecular complexity index is 709. The lowest BCUT2D eigenvalue weighted by Gasteiger charge is -2.31. The minimum atomic E-state index is 0.105. The fourth-order valence-corrected chi connectivity index (χ4v) is 3.45. The molecule has 1 amide bonds. The number of amides is 1. The van der Waals surface area contributed by atoms with E-state index >= 15 is 0 Å². The highest BCUT2D eigenvalue weighted by molar-refractivity contribution is 5.79. The van der Waals surface area contributed by atoms with E-state index in [0.717, 1.165) is 56.2 Å². The Morgan fingerprint density at radius 1 is 1.24 bits per heavy atom. The molecular weight excluding hydrogens is 314 g/mol. The van der Waals surface area contributed by atoms with Gasteiger partial charge in [-0.1, -0.05) is 18.2 Å². The van der Waals surface area contributed by atoms with E-state index in [1.54, 1.807) is 6.26 Å². The van der Waals surface area contributed by atoms with Gasteiger partial charge < -0.3 is 9.73 Å². The molecule has 2 fully saturated rings. The maximum Gasteiger partial charge on any atom is 0.226 e. The Morgan fingerprint density at radius 2 is 2.08 bits per heavy atom. The molecule has 1 N–H and O–H groups in total. The molecule has 5 heteroatoms. The van der Waals surface area contributed by atoms with Crippen LogP contribution in [-0.4, -0.2) is 35.4 Å². The van der Waals surface area contributed by atoms with Gasteiger partial charge in [-0.05, 0) is 50.3 Å². The largest absolute Gasteiger partial charge is 0.444 e. The van der Waals surface area contributed by atoms with Gasteiger partial charge in [-0.3, -0.25) is 9.69 Å². The minimum Gasteiger partial charge on any atom is -0.444 e. The van der Waals surface area contributed by atoms with E-state index in [2.05, 4.69) is 15.2 Å². The minimum absolute atomic E-state index is 0.105. The normalized spacial score (nSPS) is 21.2. The van der Waals surface area contributed by atoms with Crippen LogP contribution < -0.4 is 5.32 Å². The Morgan fingerprint density at radius 3 is 2.88 bits per heavy atom. The molecule has 0 spiro atoms. The molecule has 0 bridgehead atoms. The first-order chi connectivity index (χ1) is 12.3. The number of benzene rings is 1. The van der Waals surface area contributed by atoms with Gasteiger partial charge in [0.05, 0.1) is 11.6 Å². The van der Waals surface area contributed by atoms with Crippen molar-refractivity contribution in [3.05, 3.63) is 42.3 Å². The van der Waals surface area contributed by atoms with E-state index in [-0.39, 0.29) is 11.8 Å². The summed E-state index contributed by atoms with van der Waals surface area (Å²) in [6.45, 7) is 3.42. The monoisotopic (exact) mass is 339 g/mol. The molecule has 1 saturated heterocycles. The summed E-state index contributed by atoms with van der Waals surface area (Å²) in [7, 11) is 0. The number of carbonyl (C=O) groups is 1. The van der Waals surface area contributed by atoms with Crippen molar-refractivity contribution in [1.82, 2.24) is 15.2 Å². The predicted molar refractivity (Wildman–Crippen MR) is 95.7 cm³/mol. The SMILES string of the molecule is O=C(NCC1CC1)[C@H]1CCCN(Cc2coc(-c3ccccc3)n2)C1. The molecule has 0 radical (unpaired) electrons. The maximum atomic E-state index is 12.3. The number of oxazole rings is 1. The van der Waals surface area contributed by atoms with Crippen molar-refractivity contribution in [2.45, 2.75) is 32.2 Å². The van der Waals surface area contributed by atoms with Crippen molar-refractivity contribution in [2.24, 2.45) is 11.8 Å². The van der Waals surface area contributed by atoms with E-state index in [4.69, 9.17) is 4.42 Å². The lowest BCUT2D eigenvalue weighted by molar-refractivity contribution is -0.126. The Balaban J connectivity index is 1.32. The molecule has 4 rings (SSSR count). The molecule has 25 heavy (non-hydrogen) atoms. The van der Waals surface area contributed by atoms with Gasteiger partial charge in [-0.2, -0.15) is 0 Å². The number of likely N-dealkylation sites (tertiary alicyclic amines) is 1. The summed E-state index contributed by atoms with van der Waals surface area (Å²) < 4.78 is 5.62. The van der Waals surface area contributed by atoms with Crippen LogP contribution in [0.5, 0.6) is 0 Å². The van der Waals surface area contributed by atoms with Crippen molar-refractivity contribution in [3.63, 3.8) is 0 Å². The fourth-order valence-electron chi connectivity index (χ4n) is 3.45. The quantitative estimate of drug-likeness (QED) is 0.879. The van der Waals surface area contributed by atoms with Crippen LogP contribution in [-0.2, 0) is 11.3 Å². The molecule has 1 atom stereocenters. The van der Waals surface area contributed by atoms with E-state index in [1.807, 2.05) is 30.3 Å².